The summed E-state index contributed by atoms with van der Waals surface area (Å²) >= 11 is 0. The van der Waals surface area contributed by atoms with E-state index >= 15 is 0 Å². The van der Waals surface area contributed by atoms with Crippen molar-refractivity contribution in [2.24, 2.45) is 0 Å². The Kier molecular flexibility index (Phi) is 7.35. The van der Waals surface area contributed by atoms with Crippen LogP contribution in [0.25, 0.3) is 0 Å². The summed E-state index contributed by atoms with van der Waals surface area (Å²) < 4.78 is 23.9. The van der Waals surface area contributed by atoms with Gasteiger partial charge in [0.05, 0.1) is 0 Å². The van der Waals surface area contributed by atoms with Crippen molar-refractivity contribution in [3.8, 4) is 58.1 Å². The molecule has 0 heterocycles. The van der Waals surface area contributed by atoms with Gasteiger partial charge in [-0.15, -0.1) is 0 Å². The number of nitrogens with zero attached hydrogens (tertiary/aromatic N) is 2. The maximum Gasteiger partial charge on any atom is 0.149 e. The minimum atomic E-state index is 0.217. The molecule has 194 valence electrons. The number of rotatable bonds is 8. The van der Waals surface area contributed by atoms with Crippen LogP contribution in [0.2, 0.25) is 0 Å². The molecule has 0 aliphatic heterocycles. The lowest BCUT2D eigenvalue weighted by Gasteiger charge is -2.14. The number of nitriles is 2. The Bertz CT molecular complexity index is 1650. The average Bonchev–Trinajstić information content (AvgIpc) is 2.94. The van der Waals surface area contributed by atoms with Crippen molar-refractivity contribution in [1.82, 2.24) is 0 Å². The summed E-state index contributed by atoms with van der Waals surface area (Å²) in [4.78, 5) is 0. The maximum absolute atomic E-state index is 9.86. The van der Waals surface area contributed by atoms with Crippen molar-refractivity contribution < 1.29 is 18.9 Å². The van der Waals surface area contributed by atoms with Gasteiger partial charge in [0.1, 0.15) is 69.3 Å². The minimum absolute atomic E-state index is 0.217. The molecule has 0 aliphatic carbocycles. The van der Waals surface area contributed by atoms with Gasteiger partial charge in [-0.3, -0.25) is 0 Å². The summed E-state index contributed by atoms with van der Waals surface area (Å²) in [5.41, 5.74) is 13.2. The fraction of sp³-hybridized carbons (Fsp3) is 0. The first-order valence-electron chi connectivity index (χ1n) is 12.1. The van der Waals surface area contributed by atoms with Gasteiger partial charge in [0.15, 0.2) is 0 Å². The monoisotopic (exact) mass is 526 g/mol. The molecule has 0 amide bonds. The third kappa shape index (κ3) is 5.88. The zero-order valence-electron chi connectivity index (χ0n) is 21.1. The van der Waals surface area contributed by atoms with Crippen molar-refractivity contribution >= 4 is 11.4 Å². The molecule has 40 heavy (non-hydrogen) atoms. The van der Waals surface area contributed by atoms with Gasteiger partial charge in [0.2, 0.25) is 0 Å². The number of ether oxygens (including phenoxy) is 4. The Labute approximate surface area is 230 Å². The Morgan fingerprint density at radius 3 is 1.05 bits per heavy atom. The molecule has 5 aromatic carbocycles. The van der Waals surface area contributed by atoms with E-state index in [1.54, 1.807) is 109 Å². The SMILES string of the molecule is N#Cc1c(Oc2cccc(N)c2)cccc1Oc1cccc(Oc2cccc(Oc3cccc(N)c3)c2C#N)c1. The van der Waals surface area contributed by atoms with Crippen LogP contribution in [-0.2, 0) is 0 Å². The largest absolute Gasteiger partial charge is 0.456 e. The molecule has 0 saturated carbocycles. The smallest absolute Gasteiger partial charge is 0.149 e. The lowest BCUT2D eigenvalue weighted by molar-refractivity contribution is 0.445. The topological polar surface area (TPSA) is 137 Å². The van der Waals surface area contributed by atoms with E-state index < -0.39 is 0 Å². The summed E-state index contributed by atoms with van der Waals surface area (Å²) in [5.74, 6) is 3.09. The second-order valence-corrected chi connectivity index (χ2v) is 8.51. The van der Waals surface area contributed by atoms with Gasteiger partial charge < -0.3 is 30.4 Å². The first-order valence-corrected chi connectivity index (χ1v) is 12.1. The highest BCUT2D eigenvalue weighted by Crippen LogP contribution is 2.37. The lowest BCUT2D eigenvalue weighted by Crippen LogP contribution is -1.95. The molecule has 4 N–H and O–H groups in total. The number of nitrogen functional groups attached to an aromatic ring is 2. The van der Waals surface area contributed by atoms with E-state index in [0.717, 1.165) is 0 Å². The molecule has 0 spiro atoms. The molecular formula is C32H22N4O4. The van der Waals surface area contributed by atoms with Crippen molar-refractivity contribution in [2.75, 3.05) is 11.5 Å². The summed E-state index contributed by atoms with van der Waals surface area (Å²) in [6.45, 7) is 0. The highest BCUT2D eigenvalue weighted by Gasteiger charge is 2.15. The third-order valence-electron chi connectivity index (χ3n) is 5.63. The Morgan fingerprint density at radius 1 is 0.425 bits per heavy atom. The van der Waals surface area contributed by atoms with E-state index in [-0.39, 0.29) is 11.1 Å². The fourth-order valence-corrected chi connectivity index (χ4v) is 3.85. The predicted octanol–water partition coefficient (Wildman–Crippen LogP) is 7.76. The summed E-state index contributed by atoms with van der Waals surface area (Å²) in [6, 6.07) is 35.1. The summed E-state index contributed by atoms with van der Waals surface area (Å²) in [7, 11) is 0. The Hall–Kier alpha value is -6.12. The van der Waals surface area contributed by atoms with E-state index in [1.807, 2.05) is 0 Å². The standard InChI is InChI=1S/C32H22N4O4/c33-19-27-29(37-23-8-1-6-21(35)16-23)12-4-14-31(27)39-25-10-3-11-26(18-25)40-32-15-5-13-30(28(32)20-34)38-24-9-2-7-22(36)17-24/h1-18H,35-36H2. The number of hydrogen-bond donors (Lipinski definition) is 2. The first-order chi connectivity index (χ1) is 19.5. The van der Waals surface area contributed by atoms with Crippen molar-refractivity contribution in [2.45, 2.75) is 0 Å². The van der Waals surface area contributed by atoms with Crippen LogP contribution in [0.4, 0.5) is 11.4 Å². The second-order valence-electron chi connectivity index (χ2n) is 8.51. The molecule has 5 aromatic rings. The molecule has 0 aromatic heterocycles. The van der Waals surface area contributed by atoms with Gasteiger partial charge in [0.25, 0.3) is 0 Å². The van der Waals surface area contributed by atoms with Gasteiger partial charge in [-0.1, -0.05) is 30.3 Å². The normalized spacial score (nSPS) is 10.2. The number of hydrogen-bond acceptors (Lipinski definition) is 8. The van der Waals surface area contributed by atoms with Crippen LogP contribution >= 0.6 is 0 Å². The van der Waals surface area contributed by atoms with Crippen molar-refractivity contribution in [3.05, 3.63) is 120 Å². The van der Waals surface area contributed by atoms with Gasteiger partial charge in [-0.25, -0.2) is 0 Å². The second kappa shape index (κ2) is 11.5. The van der Waals surface area contributed by atoms with Crippen LogP contribution in [0, 0.1) is 22.7 Å². The number of anilines is 2. The van der Waals surface area contributed by atoms with Crippen LogP contribution in [0.3, 0.4) is 0 Å². The van der Waals surface area contributed by atoms with Crippen LogP contribution in [0.1, 0.15) is 11.1 Å². The van der Waals surface area contributed by atoms with Crippen LogP contribution < -0.4 is 30.4 Å². The van der Waals surface area contributed by atoms with Crippen LogP contribution in [0.15, 0.2) is 109 Å². The summed E-state index contributed by atoms with van der Waals surface area (Å²) in [6.07, 6.45) is 0. The quantitative estimate of drug-likeness (QED) is 0.196. The fourth-order valence-electron chi connectivity index (χ4n) is 3.85. The molecule has 8 nitrogen and oxygen atoms in total. The zero-order valence-corrected chi connectivity index (χ0v) is 21.1. The minimum Gasteiger partial charge on any atom is -0.456 e. The molecule has 0 atom stereocenters. The summed E-state index contributed by atoms with van der Waals surface area (Å²) in [5, 5.41) is 19.7. The Balaban J connectivity index is 1.38. The molecule has 0 unspecified atom stereocenters. The molecule has 8 heteroatoms. The Morgan fingerprint density at radius 2 is 0.725 bits per heavy atom. The highest BCUT2D eigenvalue weighted by molar-refractivity contribution is 5.58. The molecule has 0 fully saturated rings. The van der Waals surface area contributed by atoms with Crippen LogP contribution in [0.5, 0.6) is 46.0 Å². The first kappa shape index (κ1) is 25.5. The van der Waals surface area contributed by atoms with Crippen molar-refractivity contribution in [3.63, 3.8) is 0 Å². The van der Waals surface area contributed by atoms with Gasteiger partial charge in [-0.05, 0) is 60.7 Å². The molecular weight excluding hydrogens is 504 g/mol. The third-order valence-corrected chi connectivity index (χ3v) is 5.63. The average molecular weight is 527 g/mol. The number of nitrogens with two attached hydrogens (primary N) is 2. The van der Waals surface area contributed by atoms with Gasteiger partial charge in [-0.2, -0.15) is 10.5 Å². The predicted molar refractivity (Wildman–Crippen MR) is 151 cm³/mol. The molecule has 0 saturated heterocycles. The van der Waals surface area contributed by atoms with E-state index in [1.165, 1.54) is 0 Å². The van der Waals surface area contributed by atoms with Gasteiger partial charge in [0, 0.05) is 29.6 Å². The molecule has 0 aliphatic rings. The van der Waals surface area contributed by atoms with E-state index in [2.05, 4.69) is 12.1 Å². The van der Waals surface area contributed by atoms with Crippen molar-refractivity contribution in [1.29, 1.82) is 10.5 Å². The maximum atomic E-state index is 9.86. The highest BCUT2D eigenvalue weighted by atomic mass is 16.5. The molecule has 0 bridgehead atoms. The van der Waals surface area contributed by atoms with E-state index in [4.69, 9.17) is 30.4 Å². The lowest BCUT2D eigenvalue weighted by atomic mass is 10.2. The van der Waals surface area contributed by atoms with E-state index in [9.17, 15) is 10.5 Å². The zero-order chi connectivity index (χ0) is 27.9. The molecule has 0 radical (unpaired) electrons. The van der Waals surface area contributed by atoms with Gasteiger partial charge >= 0.3 is 0 Å². The van der Waals surface area contributed by atoms with E-state index in [0.29, 0.717) is 57.4 Å². The number of benzene rings is 5. The van der Waals surface area contributed by atoms with Crippen LogP contribution in [-0.4, -0.2) is 0 Å². The molecule has 5 rings (SSSR count).